The molecule has 0 radical (unpaired) electrons. The fraction of sp³-hybridized carbons (Fsp3) is 0. The van der Waals surface area contributed by atoms with E-state index >= 15 is 0 Å². The molecule has 0 fully saturated rings. The van der Waals surface area contributed by atoms with Gasteiger partial charge in [-0.05, 0) is 70.2 Å². The van der Waals surface area contributed by atoms with E-state index in [1.807, 2.05) is 0 Å². The van der Waals surface area contributed by atoms with Gasteiger partial charge in [-0.2, -0.15) is 0 Å². The van der Waals surface area contributed by atoms with Crippen molar-refractivity contribution < 1.29 is 0 Å². The molecule has 4 heterocycles. The molecule has 0 unspecified atom stereocenters. The Labute approximate surface area is 256 Å². The molecule has 204 valence electrons. The summed E-state index contributed by atoms with van der Waals surface area (Å²) < 4.78 is 4.97. The Morgan fingerprint density at radius 2 is 0.750 bits per heavy atom. The lowest BCUT2D eigenvalue weighted by molar-refractivity contribution is 1.12. The van der Waals surface area contributed by atoms with Crippen LogP contribution in [0, 0.1) is 0 Å². The Balaban J connectivity index is 1.43. The maximum atomic E-state index is 2.61. The summed E-state index contributed by atoms with van der Waals surface area (Å²) in [6, 6.07) is 57.5. The molecule has 0 amide bonds. The summed E-state index contributed by atoms with van der Waals surface area (Å²) >= 11 is 0. The van der Waals surface area contributed by atoms with E-state index in [9.17, 15) is 0 Å². The quantitative estimate of drug-likeness (QED) is 0.194. The third-order valence-corrected chi connectivity index (χ3v) is 9.50. The van der Waals surface area contributed by atoms with Gasteiger partial charge in [0, 0.05) is 33.9 Å². The van der Waals surface area contributed by atoms with Crippen molar-refractivity contribution >= 4 is 51.0 Å². The van der Waals surface area contributed by atoms with Crippen molar-refractivity contribution in [3.63, 3.8) is 0 Å². The largest absolute Gasteiger partial charge is 0.376 e. The van der Waals surface area contributed by atoms with Gasteiger partial charge in [-0.25, -0.2) is 0 Å². The van der Waals surface area contributed by atoms with Gasteiger partial charge >= 0.3 is 6.85 Å². The Morgan fingerprint density at radius 3 is 1.23 bits per heavy atom. The average molecular weight is 559 g/mol. The first kappa shape index (κ1) is 23.8. The predicted octanol–water partition coefficient (Wildman–Crippen LogP) is 8.48. The number of benzene rings is 6. The lowest BCUT2D eigenvalue weighted by Gasteiger charge is -2.42. The van der Waals surface area contributed by atoms with Gasteiger partial charge < -0.3 is 13.9 Å². The van der Waals surface area contributed by atoms with Crippen molar-refractivity contribution in [2.45, 2.75) is 0 Å². The van der Waals surface area contributed by atoms with Gasteiger partial charge in [-0.3, -0.25) is 0 Å². The SMILES string of the molecule is c1ccc(-n2c3c(c4ccccc42)B2c4c(n(-c5ccccc5)c5ccccc45)-c4ccccc4N2c2ccccc2-3)cc1. The van der Waals surface area contributed by atoms with E-state index in [0.717, 1.165) is 0 Å². The lowest BCUT2D eigenvalue weighted by atomic mass is 9.43. The van der Waals surface area contributed by atoms with Crippen LogP contribution in [0.5, 0.6) is 0 Å². The van der Waals surface area contributed by atoms with Crippen LogP contribution in [0.4, 0.5) is 11.4 Å². The molecule has 0 bridgehead atoms. The fourth-order valence-corrected chi connectivity index (χ4v) is 7.88. The first-order valence-electron chi connectivity index (χ1n) is 15.3. The summed E-state index contributed by atoms with van der Waals surface area (Å²) in [7, 11) is 0. The maximum Gasteiger partial charge on any atom is 0.333 e. The summed E-state index contributed by atoms with van der Waals surface area (Å²) in [5.74, 6) is 0. The van der Waals surface area contributed by atoms with E-state index in [1.54, 1.807) is 0 Å². The first-order chi connectivity index (χ1) is 21.9. The van der Waals surface area contributed by atoms with Crippen molar-refractivity contribution in [1.82, 2.24) is 9.13 Å². The van der Waals surface area contributed by atoms with Gasteiger partial charge in [0.05, 0.1) is 22.4 Å². The number of hydrogen-bond donors (Lipinski definition) is 0. The Hall–Kier alpha value is -5.74. The summed E-state index contributed by atoms with van der Waals surface area (Å²) in [5.41, 5.74) is 15.1. The van der Waals surface area contributed by atoms with E-state index in [4.69, 9.17) is 0 Å². The minimum atomic E-state index is -0.0190. The van der Waals surface area contributed by atoms with E-state index < -0.39 is 0 Å². The van der Waals surface area contributed by atoms with Crippen molar-refractivity contribution in [2.24, 2.45) is 0 Å². The number of rotatable bonds is 2. The predicted molar refractivity (Wildman–Crippen MR) is 185 cm³/mol. The maximum absolute atomic E-state index is 2.61. The second-order valence-electron chi connectivity index (χ2n) is 11.7. The number of hydrogen-bond acceptors (Lipinski definition) is 1. The van der Waals surface area contributed by atoms with Crippen LogP contribution in [0.1, 0.15) is 0 Å². The molecule has 0 spiro atoms. The molecule has 6 aromatic carbocycles. The second kappa shape index (κ2) is 8.89. The summed E-state index contributed by atoms with van der Waals surface area (Å²) in [6.45, 7) is -0.0190. The molecule has 0 aliphatic carbocycles. The number of anilines is 2. The lowest BCUT2D eigenvalue weighted by Crippen LogP contribution is -2.59. The van der Waals surface area contributed by atoms with E-state index in [1.165, 1.54) is 78.0 Å². The fourth-order valence-electron chi connectivity index (χ4n) is 7.88. The zero-order chi connectivity index (χ0) is 28.8. The number of fused-ring (bicyclic) bond motifs is 15. The van der Waals surface area contributed by atoms with Crippen LogP contribution in [-0.4, -0.2) is 16.0 Å². The van der Waals surface area contributed by atoms with E-state index in [2.05, 4.69) is 172 Å². The zero-order valence-electron chi connectivity index (χ0n) is 23.9. The molecule has 44 heavy (non-hydrogen) atoms. The van der Waals surface area contributed by atoms with Crippen LogP contribution >= 0.6 is 0 Å². The van der Waals surface area contributed by atoms with Gasteiger partial charge in [-0.15, -0.1) is 0 Å². The topological polar surface area (TPSA) is 13.1 Å². The average Bonchev–Trinajstić information content (AvgIpc) is 3.63. The molecule has 2 aliphatic heterocycles. The molecule has 2 aromatic heterocycles. The van der Waals surface area contributed by atoms with Gasteiger partial charge in [0.15, 0.2) is 0 Å². The minimum absolute atomic E-state index is 0.0190. The monoisotopic (exact) mass is 559 g/mol. The van der Waals surface area contributed by atoms with Crippen LogP contribution in [0.15, 0.2) is 158 Å². The van der Waals surface area contributed by atoms with E-state index in [-0.39, 0.29) is 6.85 Å². The van der Waals surface area contributed by atoms with Crippen molar-refractivity contribution in [3.8, 4) is 33.9 Å². The van der Waals surface area contributed by atoms with Crippen LogP contribution in [0.25, 0.3) is 55.7 Å². The third kappa shape index (κ3) is 3.02. The first-order valence-corrected chi connectivity index (χ1v) is 15.3. The van der Waals surface area contributed by atoms with Crippen molar-refractivity contribution in [1.29, 1.82) is 0 Å². The van der Waals surface area contributed by atoms with Crippen LogP contribution in [0.2, 0.25) is 0 Å². The molecule has 0 saturated heterocycles. The van der Waals surface area contributed by atoms with Crippen LogP contribution in [-0.2, 0) is 0 Å². The van der Waals surface area contributed by atoms with Crippen LogP contribution < -0.4 is 15.7 Å². The molecular weight excluding hydrogens is 533 g/mol. The summed E-state index contributed by atoms with van der Waals surface area (Å²) in [6.07, 6.45) is 0. The Morgan fingerprint density at radius 1 is 0.364 bits per heavy atom. The third-order valence-electron chi connectivity index (χ3n) is 9.50. The van der Waals surface area contributed by atoms with Gasteiger partial charge in [0.1, 0.15) is 0 Å². The van der Waals surface area contributed by atoms with Crippen molar-refractivity contribution in [2.75, 3.05) is 4.81 Å². The second-order valence-corrected chi connectivity index (χ2v) is 11.7. The van der Waals surface area contributed by atoms with Crippen molar-refractivity contribution in [3.05, 3.63) is 158 Å². The molecule has 0 saturated carbocycles. The smallest absolute Gasteiger partial charge is 0.333 e. The molecule has 3 nitrogen and oxygen atoms in total. The summed E-state index contributed by atoms with van der Waals surface area (Å²) in [5, 5.41) is 2.58. The number of nitrogens with zero attached hydrogens (tertiary/aromatic N) is 3. The standard InChI is InChI=1S/C40H26BN3/c1-3-15-27(16-4-1)42-33-23-11-7-19-29(33)37-39(42)31-21-9-13-25-35(31)44-36-26-14-10-22-32(36)40-38(41(37)44)30-20-8-12-24-34(30)43(40)28-17-5-2-6-18-28/h1-26H. The molecule has 0 N–H and O–H groups in total. The van der Waals surface area contributed by atoms with Gasteiger partial charge in [0.25, 0.3) is 0 Å². The molecule has 4 heteroatoms. The molecule has 2 aliphatic rings. The number of para-hydroxylation sites is 6. The highest BCUT2D eigenvalue weighted by Gasteiger charge is 2.47. The molecule has 10 rings (SSSR count). The molecular formula is C40H26BN3. The highest BCUT2D eigenvalue weighted by atomic mass is 15.1. The normalized spacial score (nSPS) is 12.9. The van der Waals surface area contributed by atoms with E-state index in [0.29, 0.717) is 0 Å². The molecule has 8 aromatic rings. The van der Waals surface area contributed by atoms with Crippen LogP contribution in [0.3, 0.4) is 0 Å². The van der Waals surface area contributed by atoms with Gasteiger partial charge in [-0.1, -0.05) is 109 Å². The minimum Gasteiger partial charge on any atom is -0.376 e. The highest BCUT2D eigenvalue weighted by molar-refractivity contribution is 6.95. The Bertz CT molecular complexity index is 2230. The number of aromatic nitrogens is 2. The molecule has 0 atom stereocenters. The summed E-state index contributed by atoms with van der Waals surface area (Å²) in [4.78, 5) is 2.61. The Kier molecular flexibility index (Phi) is 4.80. The highest BCUT2D eigenvalue weighted by Crippen LogP contribution is 2.49. The van der Waals surface area contributed by atoms with Gasteiger partial charge in [0.2, 0.25) is 0 Å². The zero-order valence-corrected chi connectivity index (χ0v) is 23.9.